The highest BCUT2D eigenvalue weighted by molar-refractivity contribution is 9.10. The molecule has 1 aromatic heterocycles. The smallest absolute Gasteiger partial charge is 0.177 e. The molecule has 2 rings (SSSR count). The second-order valence-electron chi connectivity index (χ2n) is 3.78. The van der Waals surface area contributed by atoms with E-state index in [0.29, 0.717) is 15.8 Å². The molecule has 1 N–H and O–H groups in total. The Morgan fingerprint density at radius 1 is 1.39 bits per heavy atom. The molecule has 0 amide bonds. The fraction of sp³-hybridized carbons (Fsp3) is 0.154. The van der Waals surface area contributed by atoms with E-state index in [0.717, 1.165) is 5.69 Å². The number of aliphatic hydroxyl groups excluding tert-OH is 1. The normalized spacial score (nSPS) is 10.4. The van der Waals surface area contributed by atoms with Gasteiger partial charge in [-0.15, -0.1) is 0 Å². The summed E-state index contributed by atoms with van der Waals surface area (Å²) >= 11 is 3.22. The fourth-order valence-corrected chi connectivity index (χ4v) is 2.07. The minimum atomic E-state index is -0.525. The molecule has 1 heterocycles. The van der Waals surface area contributed by atoms with Gasteiger partial charge in [-0.1, -0.05) is 0 Å². The van der Waals surface area contributed by atoms with Crippen LogP contribution in [0.1, 0.15) is 11.3 Å². The van der Waals surface area contributed by atoms with Crippen LogP contribution in [-0.2, 0) is 6.61 Å². The second-order valence-corrected chi connectivity index (χ2v) is 4.64. The Bertz CT molecular complexity index is 552. The van der Waals surface area contributed by atoms with Crippen molar-refractivity contribution >= 4 is 15.9 Å². The van der Waals surface area contributed by atoms with Crippen LogP contribution in [0.3, 0.4) is 0 Å². The van der Waals surface area contributed by atoms with Crippen molar-refractivity contribution < 1.29 is 14.2 Å². The van der Waals surface area contributed by atoms with Crippen LogP contribution in [0, 0.1) is 12.7 Å². The van der Waals surface area contributed by atoms with Gasteiger partial charge in [-0.2, -0.15) is 0 Å². The Morgan fingerprint density at radius 3 is 2.78 bits per heavy atom. The molecule has 0 spiro atoms. The first kappa shape index (κ1) is 13.0. The fourth-order valence-electron chi connectivity index (χ4n) is 1.50. The largest absolute Gasteiger partial charge is 0.453 e. The van der Waals surface area contributed by atoms with Gasteiger partial charge in [0.1, 0.15) is 5.75 Å². The summed E-state index contributed by atoms with van der Waals surface area (Å²) in [4.78, 5) is 4.04. The van der Waals surface area contributed by atoms with Gasteiger partial charge in [-0.25, -0.2) is 4.39 Å². The minimum absolute atomic E-state index is 0.0952. The zero-order valence-electron chi connectivity index (χ0n) is 9.65. The van der Waals surface area contributed by atoms with Crippen LogP contribution in [0.5, 0.6) is 11.5 Å². The van der Waals surface area contributed by atoms with Crippen molar-refractivity contribution in [3.8, 4) is 11.5 Å². The molecule has 0 saturated heterocycles. The monoisotopic (exact) mass is 311 g/mol. The molecule has 0 aliphatic rings. The summed E-state index contributed by atoms with van der Waals surface area (Å²) < 4.78 is 19.7. The van der Waals surface area contributed by atoms with Gasteiger partial charge in [-0.3, -0.25) is 4.98 Å². The first-order chi connectivity index (χ1) is 8.60. The number of rotatable bonds is 3. The van der Waals surface area contributed by atoms with Crippen LogP contribution in [0.2, 0.25) is 0 Å². The lowest BCUT2D eigenvalue weighted by molar-refractivity contribution is 0.280. The maximum absolute atomic E-state index is 13.8. The van der Waals surface area contributed by atoms with Crippen molar-refractivity contribution in [1.29, 1.82) is 0 Å². The summed E-state index contributed by atoms with van der Waals surface area (Å²) in [5, 5.41) is 8.97. The van der Waals surface area contributed by atoms with Crippen LogP contribution in [0.15, 0.2) is 34.9 Å². The summed E-state index contributed by atoms with van der Waals surface area (Å²) in [6.07, 6.45) is 1.60. The zero-order chi connectivity index (χ0) is 13.1. The molecular formula is C13H11BrFNO2. The molecule has 0 aliphatic carbocycles. The molecule has 94 valence electrons. The van der Waals surface area contributed by atoms with E-state index in [2.05, 4.69) is 20.9 Å². The van der Waals surface area contributed by atoms with Crippen LogP contribution in [0.25, 0.3) is 0 Å². The molecular weight excluding hydrogens is 301 g/mol. The van der Waals surface area contributed by atoms with E-state index in [-0.39, 0.29) is 12.4 Å². The lowest BCUT2D eigenvalue weighted by atomic mass is 10.2. The van der Waals surface area contributed by atoms with Crippen molar-refractivity contribution in [3.05, 3.63) is 52.0 Å². The molecule has 0 radical (unpaired) electrons. The highest BCUT2D eigenvalue weighted by Gasteiger charge is 2.11. The molecule has 1 aromatic carbocycles. The van der Waals surface area contributed by atoms with E-state index < -0.39 is 5.82 Å². The van der Waals surface area contributed by atoms with E-state index in [1.165, 1.54) is 6.07 Å². The molecule has 0 atom stereocenters. The van der Waals surface area contributed by atoms with Gasteiger partial charge in [-0.05, 0) is 46.6 Å². The summed E-state index contributed by atoms with van der Waals surface area (Å²) in [5.74, 6) is 0.0829. The van der Waals surface area contributed by atoms with Gasteiger partial charge < -0.3 is 9.84 Å². The third-order valence-electron chi connectivity index (χ3n) is 2.33. The van der Waals surface area contributed by atoms with Gasteiger partial charge in [0.15, 0.2) is 11.6 Å². The Kier molecular flexibility index (Phi) is 3.93. The summed E-state index contributed by atoms with van der Waals surface area (Å²) in [6.45, 7) is 1.61. The van der Waals surface area contributed by atoms with Crippen molar-refractivity contribution in [2.75, 3.05) is 0 Å². The van der Waals surface area contributed by atoms with Gasteiger partial charge in [0, 0.05) is 18.0 Å². The number of halogens is 2. The van der Waals surface area contributed by atoms with Gasteiger partial charge in [0.25, 0.3) is 0 Å². The Morgan fingerprint density at radius 2 is 2.17 bits per heavy atom. The first-order valence-corrected chi connectivity index (χ1v) is 6.08. The summed E-state index contributed by atoms with van der Waals surface area (Å²) in [7, 11) is 0. The van der Waals surface area contributed by atoms with Crippen LogP contribution in [0.4, 0.5) is 4.39 Å². The highest BCUT2D eigenvalue weighted by Crippen LogP contribution is 2.33. The molecule has 0 bridgehead atoms. The number of pyridine rings is 1. The average molecular weight is 312 g/mol. The molecule has 0 fully saturated rings. The average Bonchev–Trinajstić information content (AvgIpc) is 2.33. The van der Waals surface area contributed by atoms with Gasteiger partial charge in [0.05, 0.1) is 11.1 Å². The molecule has 5 heteroatoms. The Hall–Kier alpha value is -1.46. The quantitative estimate of drug-likeness (QED) is 0.942. The van der Waals surface area contributed by atoms with Gasteiger partial charge in [0.2, 0.25) is 0 Å². The Labute approximate surface area is 112 Å². The molecule has 3 nitrogen and oxygen atoms in total. The number of nitrogens with zero attached hydrogens (tertiary/aromatic N) is 1. The predicted molar refractivity (Wildman–Crippen MR) is 69.1 cm³/mol. The lowest BCUT2D eigenvalue weighted by Gasteiger charge is -2.10. The van der Waals surface area contributed by atoms with Crippen molar-refractivity contribution in [2.24, 2.45) is 0 Å². The SMILES string of the molecule is Cc1cc(Oc2c(F)cc(CO)cc2Br)ccn1. The molecule has 2 aromatic rings. The van der Waals surface area contributed by atoms with Crippen molar-refractivity contribution in [3.63, 3.8) is 0 Å². The third-order valence-corrected chi connectivity index (χ3v) is 2.92. The minimum Gasteiger partial charge on any atom is -0.453 e. The number of aliphatic hydroxyl groups is 1. The zero-order valence-corrected chi connectivity index (χ0v) is 11.2. The van der Waals surface area contributed by atoms with E-state index in [9.17, 15) is 4.39 Å². The maximum atomic E-state index is 13.8. The molecule has 0 aliphatic heterocycles. The topological polar surface area (TPSA) is 42.4 Å². The van der Waals surface area contributed by atoms with E-state index in [4.69, 9.17) is 9.84 Å². The number of hydrogen-bond acceptors (Lipinski definition) is 3. The molecule has 0 saturated carbocycles. The number of aryl methyl sites for hydroxylation is 1. The number of ether oxygens (including phenoxy) is 1. The van der Waals surface area contributed by atoms with Crippen LogP contribution < -0.4 is 4.74 Å². The predicted octanol–water partition coefficient (Wildman–Crippen LogP) is 3.58. The van der Waals surface area contributed by atoms with Crippen molar-refractivity contribution in [1.82, 2.24) is 4.98 Å². The lowest BCUT2D eigenvalue weighted by Crippen LogP contribution is -1.94. The second kappa shape index (κ2) is 5.46. The molecule has 0 unspecified atom stereocenters. The Balaban J connectivity index is 2.35. The number of hydrogen-bond donors (Lipinski definition) is 1. The van der Waals surface area contributed by atoms with Crippen LogP contribution in [-0.4, -0.2) is 10.1 Å². The number of aromatic nitrogens is 1. The third kappa shape index (κ3) is 2.86. The summed E-state index contributed by atoms with van der Waals surface area (Å²) in [5.41, 5.74) is 1.27. The van der Waals surface area contributed by atoms with E-state index >= 15 is 0 Å². The molecule has 18 heavy (non-hydrogen) atoms. The standard InChI is InChI=1S/C13H11BrFNO2/c1-8-4-10(2-3-16-8)18-13-11(14)5-9(7-17)6-12(13)15/h2-6,17H,7H2,1H3. The number of benzene rings is 1. The highest BCUT2D eigenvalue weighted by atomic mass is 79.9. The summed E-state index contributed by atoms with van der Waals surface area (Å²) in [6, 6.07) is 6.23. The van der Waals surface area contributed by atoms with E-state index in [1.807, 2.05) is 6.92 Å². The van der Waals surface area contributed by atoms with Crippen molar-refractivity contribution in [2.45, 2.75) is 13.5 Å². The van der Waals surface area contributed by atoms with Gasteiger partial charge >= 0.3 is 0 Å². The first-order valence-electron chi connectivity index (χ1n) is 5.29. The van der Waals surface area contributed by atoms with E-state index in [1.54, 1.807) is 24.4 Å². The van der Waals surface area contributed by atoms with Crippen LogP contribution >= 0.6 is 15.9 Å². The maximum Gasteiger partial charge on any atom is 0.177 e.